The fourth-order valence-electron chi connectivity index (χ4n) is 3.31. The van der Waals surface area contributed by atoms with Crippen molar-refractivity contribution >= 4 is 11.5 Å². The Balaban J connectivity index is 1.63. The normalized spacial score (nSPS) is 10.7. The number of nitrogens with zero attached hydrogens (tertiary/aromatic N) is 1. The number of ketones is 1. The van der Waals surface area contributed by atoms with Gasteiger partial charge in [-0.05, 0) is 35.1 Å². The second-order valence-electron chi connectivity index (χ2n) is 7.25. The van der Waals surface area contributed by atoms with Gasteiger partial charge < -0.3 is 0 Å². The van der Waals surface area contributed by atoms with Crippen molar-refractivity contribution in [3.8, 4) is 11.1 Å². The molecule has 0 N–H and O–H groups in total. The summed E-state index contributed by atoms with van der Waals surface area (Å²) >= 11 is 0. The van der Waals surface area contributed by atoms with Gasteiger partial charge in [0.25, 0.3) is 5.69 Å². The number of nitro groups is 1. The van der Waals surface area contributed by atoms with Crippen molar-refractivity contribution in [2.24, 2.45) is 0 Å². The molecule has 0 saturated carbocycles. The van der Waals surface area contributed by atoms with Crippen LogP contribution in [-0.4, -0.2) is 10.7 Å². The molecule has 0 atom stereocenters. The maximum atomic E-state index is 12.5. The highest BCUT2D eigenvalue weighted by Crippen LogP contribution is 2.22. The molecule has 3 rings (SSSR count). The van der Waals surface area contributed by atoms with Gasteiger partial charge in [0.05, 0.1) is 4.92 Å². The zero-order valence-electron chi connectivity index (χ0n) is 16.6. The maximum Gasteiger partial charge on any atom is 0.269 e. The fourth-order valence-corrected chi connectivity index (χ4v) is 3.31. The second kappa shape index (κ2) is 9.78. The molecular weight excluding hydrogens is 362 g/mol. The van der Waals surface area contributed by atoms with Gasteiger partial charge in [0.2, 0.25) is 0 Å². The van der Waals surface area contributed by atoms with E-state index >= 15 is 0 Å². The molecule has 0 radical (unpaired) electrons. The van der Waals surface area contributed by atoms with Crippen LogP contribution in [-0.2, 0) is 12.8 Å². The lowest BCUT2D eigenvalue weighted by molar-refractivity contribution is -0.384. The zero-order valence-corrected chi connectivity index (χ0v) is 16.6. The van der Waals surface area contributed by atoms with Crippen LogP contribution in [0.15, 0.2) is 72.8 Å². The molecule has 0 unspecified atom stereocenters. The molecule has 0 aliphatic carbocycles. The minimum atomic E-state index is -0.442. The minimum absolute atomic E-state index is 0.00308. The van der Waals surface area contributed by atoms with Gasteiger partial charge in [0.15, 0.2) is 5.78 Å². The Bertz CT molecular complexity index is 958. The van der Waals surface area contributed by atoms with Crippen LogP contribution < -0.4 is 0 Å². The predicted molar refractivity (Wildman–Crippen MR) is 116 cm³/mol. The number of nitro benzene ring substituents is 1. The van der Waals surface area contributed by atoms with Gasteiger partial charge in [0.1, 0.15) is 0 Å². The smallest absolute Gasteiger partial charge is 0.269 e. The van der Waals surface area contributed by atoms with E-state index < -0.39 is 4.92 Å². The van der Waals surface area contributed by atoms with Gasteiger partial charge in [0, 0.05) is 24.1 Å². The highest BCUT2D eigenvalue weighted by atomic mass is 16.6. The number of benzene rings is 3. The molecule has 4 nitrogen and oxygen atoms in total. The number of hydrogen-bond donors (Lipinski definition) is 0. The van der Waals surface area contributed by atoms with Crippen LogP contribution in [0.25, 0.3) is 11.1 Å². The topological polar surface area (TPSA) is 60.2 Å². The summed E-state index contributed by atoms with van der Waals surface area (Å²) in [5.41, 5.74) is 5.02. The van der Waals surface area contributed by atoms with E-state index in [0.717, 1.165) is 23.1 Å². The first-order valence-corrected chi connectivity index (χ1v) is 10.0. The summed E-state index contributed by atoms with van der Waals surface area (Å²) in [5.74, 6) is -0.00308. The molecule has 0 saturated heterocycles. The lowest BCUT2D eigenvalue weighted by Gasteiger charge is -2.06. The van der Waals surface area contributed by atoms with Crippen molar-refractivity contribution < 1.29 is 9.72 Å². The Morgan fingerprint density at radius 2 is 1.34 bits per heavy atom. The molecule has 3 aromatic carbocycles. The maximum absolute atomic E-state index is 12.5. The summed E-state index contributed by atoms with van der Waals surface area (Å²) in [6, 6.07) is 22.4. The number of non-ortho nitro benzene ring substituents is 1. The number of carbonyl (C=O) groups is 1. The van der Waals surface area contributed by atoms with Crippen LogP contribution in [0.5, 0.6) is 0 Å². The summed E-state index contributed by atoms with van der Waals surface area (Å²) in [6.45, 7) is 2.21. The van der Waals surface area contributed by atoms with Crippen molar-refractivity contribution in [3.05, 3.63) is 99.6 Å². The van der Waals surface area contributed by atoms with Crippen LogP contribution in [0, 0.1) is 10.1 Å². The van der Waals surface area contributed by atoms with Gasteiger partial charge in [-0.15, -0.1) is 0 Å². The van der Waals surface area contributed by atoms with Crippen LogP contribution in [0.2, 0.25) is 0 Å². The molecule has 4 heteroatoms. The van der Waals surface area contributed by atoms with Gasteiger partial charge in [-0.2, -0.15) is 0 Å². The van der Waals surface area contributed by atoms with Crippen LogP contribution in [0.4, 0.5) is 5.69 Å². The highest BCUT2D eigenvalue weighted by molar-refractivity contribution is 5.97. The number of aryl methyl sites for hydroxylation is 1. The largest absolute Gasteiger partial charge is 0.294 e. The Morgan fingerprint density at radius 3 is 1.90 bits per heavy atom. The Morgan fingerprint density at radius 1 is 0.793 bits per heavy atom. The number of Topliss-reactive ketones (excluding diaryl/α,β-unsaturated/α-hetero) is 1. The van der Waals surface area contributed by atoms with Gasteiger partial charge in [-0.3, -0.25) is 14.9 Å². The van der Waals surface area contributed by atoms with Crippen molar-refractivity contribution in [2.75, 3.05) is 0 Å². The van der Waals surface area contributed by atoms with E-state index in [1.807, 2.05) is 24.3 Å². The first-order chi connectivity index (χ1) is 14.1. The second-order valence-corrected chi connectivity index (χ2v) is 7.25. The van der Waals surface area contributed by atoms with Crippen molar-refractivity contribution in [1.82, 2.24) is 0 Å². The van der Waals surface area contributed by atoms with E-state index in [1.54, 1.807) is 12.1 Å². The molecular formula is C25H25NO3. The third-order valence-electron chi connectivity index (χ3n) is 5.07. The highest BCUT2D eigenvalue weighted by Gasteiger charge is 2.10. The third kappa shape index (κ3) is 5.61. The fraction of sp³-hybridized carbons (Fsp3) is 0.240. The number of unbranched alkanes of at least 4 members (excludes halogenated alkanes) is 2. The Kier molecular flexibility index (Phi) is 6.90. The average Bonchev–Trinajstić information content (AvgIpc) is 2.75. The van der Waals surface area contributed by atoms with E-state index in [2.05, 4.69) is 31.2 Å². The van der Waals surface area contributed by atoms with Crippen LogP contribution >= 0.6 is 0 Å². The molecule has 0 amide bonds. The molecule has 0 aliphatic heterocycles. The molecule has 0 bridgehead atoms. The Labute approximate surface area is 171 Å². The summed E-state index contributed by atoms with van der Waals surface area (Å²) in [4.78, 5) is 22.8. The first-order valence-electron chi connectivity index (χ1n) is 10.0. The van der Waals surface area contributed by atoms with E-state index in [4.69, 9.17) is 0 Å². The van der Waals surface area contributed by atoms with Crippen LogP contribution in [0.3, 0.4) is 0 Å². The molecule has 0 aliphatic rings. The summed E-state index contributed by atoms with van der Waals surface area (Å²) in [5, 5.41) is 10.7. The number of rotatable bonds is 9. The molecule has 0 fully saturated rings. The molecule has 0 spiro atoms. The molecule has 0 aromatic heterocycles. The quantitative estimate of drug-likeness (QED) is 0.184. The van der Waals surface area contributed by atoms with Crippen molar-refractivity contribution in [1.29, 1.82) is 0 Å². The van der Waals surface area contributed by atoms with Crippen molar-refractivity contribution in [2.45, 2.75) is 39.0 Å². The van der Waals surface area contributed by atoms with Gasteiger partial charge in [-0.25, -0.2) is 0 Å². The first kappa shape index (κ1) is 20.5. The predicted octanol–water partition coefficient (Wildman–Crippen LogP) is 6.42. The standard InChI is InChI=1S/C25H25NO3/c1-2-3-4-5-19-6-10-21(11-7-19)22-12-14-23(15-13-22)25(27)18-20-8-16-24(17-9-20)26(28)29/h6-17H,2-5,18H2,1H3. The number of carbonyl (C=O) groups excluding carboxylic acids is 1. The van der Waals surface area contributed by atoms with E-state index in [0.29, 0.717) is 5.56 Å². The lowest BCUT2D eigenvalue weighted by Crippen LogP contribution is -2.03. The zero-order chi connectivity index (χ0) is 20.6. The summed E-state index contributed by atoms with van der Waals surface area (Å²) in [7, 11) is 0. The van der Waals surface area contributed by atoms with E-state index in [-0.39, 0.29) is 17.9 Å². The molecule has 0 heterocycles. The molecule has 29 heavy (non-hydrogen) atoms. The molecule has 3 aromatic rings. The SMILES string of the molecule is CCCCCc1ccc(-c2ccc(C(=O)Cc3ccc([N+](=O)[O-])cc3)cc2)cc1. The third-order valence-corrected chi connectivity index (χ3v) is 5.07. The number of hydrogen-bond acceptors (Lipinski definition) is 3. The summed E-state index contributed by atoms with van der Waals surface area (Å²) < 4.78 is 0. The minimum Gasteiger partial charge on any atom is -0.294 e. The monoisotopic (exact) mass is 387 g/mol. The van der Waals surface area contributed by atoms with Gasteiger partial charge in [-0.1, -0.05) is 80.4 Å². The van der Waals surface area contributed by atoms with E-state index in [1.165, 1.54) is 37.0 Å². The van der Waals surface area contributed by atoms with E-state index in [9.17, 15) is 14.9 Å². The summed E-state index contributed by atoms with van der Waals surface area (Å²) in [6.07, 6.45) is 5.06. The van der Waals surface area contributed by atoms with Crippen LogP contribution in [0.1, 0.15) is 47.7 Å². The molecule has 148 valence electrons. The Hall–Kier alpha value is -3.27. The average molecular weight is 387 g/mol. The van der Waals surface area contributed by atoms with Crippen molar-refractivity contribution in [3.63, 3.8) is 0 Å². The van der Waals surface area contributed by atoms with Gasteiger partial charge >= 0.3 is 0 Å². The lowest BCUT2D eigenvalue weighted by atomic mass is 9.98.